The largest absolute Gasteiger partial charge is 0.324 e. The first-order chi connectivity index (χ1) is 9.13. The lowest BCUT2D eigenvalue weighted by atomic mass is 10.1. The van der Waals surface area contributed by atoms with Gasteiger partial charge in [-0.05, 0) is 37.0 Å². The fraction of sp³-hybridized carbons (Fsp3) is 0.357. The van der Waals surface area contributed by atoms with Gasteiger partial charge in [-0.25, -0.2) is 4.98 Å². The Labute approximate surface area is 126 Å². The molecular formula is C14H14Cl2N2S. The van der Waals surface area contributed by atoms with Crippen LogP contribution in [0.15, 0.2) is 18.2 Å². The molecule has 0 bridgehead atoms. The van der Waals surface area contributed by atoms with E-state index in [0.29, 0.717) is 10.0 Å². The molecule has 2 N–H and O–H groups in total. The van der Waals surface area contributed by atoms with Crippen molar-refractivity contribution in [2.24, 2.45) is 5.73 Å². The number of aryl methyl sites for hydroxylation is 2. The Kier molecular flexibility index (Phi) is 3.81. The Morgan fingerprint density at radius 3 is 2.84 bits per heavy atom. The quantitative estimate of drug-likeness (QED) is 0.923. The van der Waals surface area contributed by atoms with Crippen molar-refractivity contribution in [3.63, 3.8) is 0 Å². The molecule has 0 aliphatic heterocycles. The van der Waals surface area contributed by atoms with Gasteiger partial charge in [0.15, 0.2) is 0 Å². The van der Waals surface area contributed by atoms with Crippen molar-refractivity contribution >= 4 is 34.5 Å². The van der Waals surface area contributed by atoms with Crippen LogP contribution in [0.25, 0.3) is 0 Å². The van der Waals surface area contributed by atoms with Crippen molar-refractivity contribution in [1.29, 1.82) is 0 Å². The Morgan fingerprint density at radius 2 is 2.11 bits per heavy atom. The molecule has 1 aromatic heterocycles. The average Bonchev–Trinajstić information content (AvgIpc) is 2.93. The molecule has 1 aliphatic rings. The van der Waals surface area contributed by atoms with Gasteiger partial charge in [0, 0.05) is 17.3 Å². The Morgan fingerprint density at radius 1 is 1.26 bits per heavy atom. The molecule has 3 rings (SSSR count). The van der Waals surface area contributed by atoms with Crippen molar-refractivity contribution in [3.05, 3.63) is 49.4 Å². The van der Waals surface area contributed by atoms with Crippen LogP contribution >= 0.6 is 34.5 Å². The van der Waals surface area contributed by atoms with E-state index in [4.69, 9.17) is 28.9 Å². The van der Waals surface area contributed by atoms with Crippen LogP contribution in [0.1, 0.15) is 33.6 Å². The molecule has 1 aromatic carbocycles. The van der Waals surface area contributed by atoms with Crippen molar-refractivity contribution in [3.8, 4) is 0 Å². The van der Waals surface area contributed by atoms with Gasteiger partial charge in [-0.1, -0.05) is 29.3 Å². The zero-order valence-electron chi connectivity index (χ0n) is 10.3. The van der Waals surface area contributed by atoms with Crippen LogP contribution in [-0.2, 0) is 19.3 Å². The average molecular weight is 313 g/mol. The molecule has 100 valence electrons. The van der Waals surface area contributed by atoms with Crippen molar-refractivity contribution in [1.82, 2.24) is 4.98 Å². The smallest absolute Gasteiger partial charge is 0.0950 e. The van der Waals surface area contributed by atoms with Crippen LogP contribution in [0, 0.1) is 0 Å². The van der Waals surface area contributed by atoms with E-state index in [9.17, 15) is 0 Å². The highest BCUT2D eigenvalue weighted by Gasteiger charge is 2.18. The van der Waals surface area contributed by atoms with E-state index >= 15 is 0 Å². The van der Waals surface area contributed by atoms with Crippen molar-refractivity contribution < 1.29 is 0 Å². The second-order valence-corrected chi connectivity index (χ2v) is 6.80. The third kappa shape index (κ3) is 2.79. The predicted octanol–water partition coefficient (Wildman–Crippen LogP) is 4.18. The van der Waals surface area contributed by atoms with Gasteiger partial charge < -0.3 is 5.73 Å². The van der Waals surface area contributed by atoms with E-state index in [1.54, 1.807) is 17.4 Å². The number of nitrogens with two attached hydrogens (primary N) is 1. The summed E-state index contributed by atoms with van der Waals surface area (Å²) >= 11 is 13.7. The van der Waals surface area contributed by atoms with Crippen LogP contribution in [-0.4, -0.2) is 4.98 Å². The maximum atomic E-state index is 6.23. The first-order valence-electron chi connectivity index (χ1n) is 6.31. The van der Waals surface area contributed by atoms with Gasteiger partial charge in [-0.2, -0.15) is 0 Å². The molecule has 1 atom stereocenters. The van der Waals surface area contributed by atoms with Crippen LogP contribution in [0.4, 0.5) is 0 Å². The first-order valence-corrected chi connectivity index (χ1v) is 7.88. The van der Waals surface area contributed by atoms with E-state index in [1.807, 2.05) is 12.1 Å². The zero-order valence-corrected chi connectivity index (χ0v) is 12.7. The summed E-state index contributed by atoms with van der Waals surface area (Å²) in [4.78, 5) is 6.12. The number of hydrogen-bond acceptors (Lipinski definition) is 3. The molecule has 0 saturated carbocycles. The number of rotatable bonds is 3. The highest BCUT2D eigenvalue weighted by atomic mass is 35.5. The van der Waals surface area contributed by atoms with Crippen molar-refractivity contribution in [2.75, 3.05) is 0 Å². The second kappa shape index (κ2) is 5.41. The summed E-state index contributed by atoms with van der Waals surface area (Å²) in [5.74, 6) is 0. The van der Waals surface area contributed by atoms with Gasteiger partial charge in [0.1, 0.15) is 0 Å². The lowest BCUT2D eigenvalue weighted by Crippen LogP contribution is -2.13. The van der Waals surface area contributed by atoms with Gasteiger partial charge in [0.05, 0.1) is 20.7 Å². The van der Waals surface area contributed by atoms with Crippen LogP contribution in [0.3, 0.4) is 0 Å². The Bertz CT molecular complexity index is 588. The summed E-state index contributed by atoms with van der Waals surface area (Å²) < 4.78 is 0. The van der Waals surface area contributed by atoms with Crippen LogP contribution < -0.4 is 5.73 Å². The number of thiazole rings is 1. The molecule has 2 aromatic rings. The molecule has 0 radical (unpaired) electrons. The minimum absolute atomic E-state index is 0.0824. The molecule has 2 nitrogen and oxygen atoms in total. The number of hydrogen-bond donors (Lipinski definition) is 1. The van der Waals surface area contributed by atoms with E-state index in [-0.39, 0.29) is 6.04 Å². The lowest BCUT2D eigenvalue weighted by molar-refractivity contribution is 0.715. The first kappa shape index (κ1) is 13.4. The zero-order chi connectivity index (χ0) is 13.4. The van der Waals surface area contributed by atoms with Gasteiger partial charge >= 0.3 is 0 Å². The van der Waals surface area contributed by atoms with Gasteiger partial charge in [0.2, 0.25) is 0 Å². The predicted molar refractivity (Wildman–Crippen MR) is 81.2 cm³/mol. The van der Waals surface area contributed by atoms with Gasteiger partial charge in [-0.3, -0.25) is 0 Å². The molecule has 0 saturated heterocycles. The SMILES string of the molecule is NC(Cc1nc2c(s1)CCC2)c1ccc(Cl)c(Cl)c1. The number of fused-ring (bicyclic) bond motifs is 1. The lowest BCUT2D eigenvalue weighted by Gasteiger charge is -2.11. The Hall–Kier alpha value is -0.610. The monoisotopic (exact) mass is 312 g/mol. The highest BCUT2D eigenvalue weighted by Crippen LogP contribution is 2.31. The number of halogens is 2. The standard InChI is InChI=1S/C14H14Cl2N2S/c15-9-5-4-8(6-10(9)16)11(17)7-14-18-12-2-1-3-13(12)19-14/h4-6,11H,1-3,7,17H2. The van der Waals surface area contributed by atoms with Gasteiger partial charge in [-0.15, -0.1) is 11.3 Å². The summed E-state index contributed by atoms with van der Waals surface area (Å²) in [6, 6.07) is 5.48. The van der Waals surface area contributed by atoms with E-state index in [2.05, 4.69) is 4.98 Å². The van der Waals surface area contributed by atoms with Crippen molar-refractivity contribution in [2.45, 2.75) is 31.7 Å². The van der Waals surface area contributed by atoms with E-state index in [0.717, 1.165) is 23.4 Å². The number of benzene rings is 1. The third-order valence-electron chi connectivity index (χ3n) is 3.41. The minimum atomic E-state index is -0.0824. The number of nitrogens with zero attached hydrogens (tertiary/aromatic N) is 1. The fourth-order valence-corrected chi connectivity index (χ4v) is 3.90. The summed E-state index contributed by atoms with van der Waals surface area (Å²) in [7, 11) is 0. The molecule has 0 spiro atoms. The molecule has 19 heavy (non-hydrogen) atoms. The molecule has 0 fully saturated rings. The van der Waals surface area contributed by atoms with E-state index < -0.39 is 0 Å². The maximum absolute atomic E-state index is 6.23. The fourth-order valence-electron chi connectivity index (χ4n) is 2.38. The molecule has 1 unspecified atom stereocenters. The third-order valence-corrected chi connectivity index (χ3v) is 5.33. The topological polar surface area (TPSA) is 38.9 Å². The summed E-state index contributed by atoms with van der Waals surface area (Å²) in [6.07, 6.45) is 4.30. The van der Waals surface area contributed by atoms with Crippen LogP contribution in [0.2, 0.25) is 10.0 Å². The van der Waals surface area contributed by atoms with E-state index in [1.165, 1.54) is 23.4 Å². The number of aromatic nitrogens is 1. The maximum Gasteiger partial charge on any atom is 0.0950 e. The highest BCUT2D eigenvalue weighted by molar-refractivity contribution is 7.11. The summed E-state index contributed by atoms with van der Waals surface area (Å²) in [5.41, 5.74) is 8.51. The second-order valence-electron chi connectivity index (χ2n) is 4.82. The molecule has 5 heteroatoms. The summed E-state index contributed by atoms with van der Waals surface area (Å²) in [6.45, 7) is 0. The molecule has 1 aliphatic carbocycles. The minimum Gasteiger partial charge on any atom is -0.324 e. The molecule has 1 heterocycles. The van der Waals surface area contributed by atoms with Gasteiger partial charge in [0.25, 0.3) is 0 Å². The summed E-state index contributed by atoms with van der Waals surface area (Å²) in [5, 5.41) is 2.24. The molecular weight excluding hydrogens is 299 g/mol. The Balaban J connectivity index is 1.76. The molecule has 0 amide bonds. The normalized spacial score (nSPS) is 15.5. The van der Waals surface area contributed by atoms with Crippen LogP contribution in [0.5, 0.6) is 0 Å².